The van der Waals surface area contributed by atoms with Gasteiger partial charge in [-0.2, -0.15) is 13.2 Å². The third-order valence-electron chi connectivity index (χ3n) is 3.05. The summed E-state index contributed by atoms with van der Waals surface area (Å²) in [6.07, 6.45) is -9.25. The molecule has 0 bridgehead atoms. The number of guanidine groups is 1. The molecule has 3 N–H and O–H groups in total. The van der Waals surface area contributed by atoms with Crippen LogP contribution < -0.4 is 15.8 Å². The second-order valence-electron chi connectivity index (χ2n) is 5.10. The highest BCUT2D eigenvalue weighted by Gasteiger charge is 2.31. The van der Waals surface area contributed by atoms with Crippen molar-refractivity contribution < 1.29 is 31.1 Å². The molecule has 10 heteroatoms. The third-order valence-corrected chi connectivity index (χ3v) is 3.05. The Balaban J connectivity index is 1.98. The molecule has 0 spiro atoms. The van der Waals surface area contributed by atoms with Crippen molar-refractivity contribution in [1.82, 2.24) is 0 Å². The Kier molecular flexibility index (Phi) is 5.63. The predicted octanol–water partition coefficient (Wildman–Crippen LogP) is 4.53. The second-order valence-corrected chi connectivity index (χ2v) is 5.10. The molecule has 0 aliphatic rings. The van der Waals surface area contributed by atoms with E-state index in [0.717, 1.165) is 24.3 Å². The molecule has 140 valence electrons. The molecule has 2 rings (SSSR count). The molecule has 0 unspecified atom stereocenters. The maximum atomic E-state index is 12.6. The lowest BCUT2D eigenvalue weighted by molar-refractivity contribution is -0.274. The zero-order chi connectivity index (χ0) is 19.4. The number of halogens is 6. The molecule has 0 aromatic heterocycles. The molecule has 2 aromatic rings. The number of aliphatic imine (C=N–C) groups is 1. The van der Waals surface area contributed by atoms with Crippen molar-refractivity contribution in [1.29, 1.82) is 0 Å². The van der Waals surface area contributed by atoms with Crippen LogP contribution in [0.1, 0.15) is 11.1 Å². The molecule has 0 heterocycles. The van der Waals surface area contributed by atoms with E-state index in [1.165, 1.54) is 24.3 Å². The van der Waals surface area contributed by atoms with Gasteiger partial charge in [-0.15, -0.1) is 13.2 Å². The van der Waals surface area contributed by atoms with Crippen LogP contribution in [0.5, 0.6) is 5.75 Å². The van der Waals surface area contributed by atoms with Crippen molar-refractivity contribution in [2.45, 2.75) is 19.1 Å². The Hall–Kier alpha value is -2.91. The molecule has 26 heavy (non-hydrogen) atoms. The van der Waals surface area contributed by atoms with E-state index in [-0.39, 0.29) is 12.5 Å². The van der Waals surface area contributed by atoms with E-state index in [0.29, 0.717) is 11.3 Å². The molecular formula is C16H13F6N3O. The van der Waals surface area contributed by atoms with Gasteiger partial charge in [0.1, 0.15) is 5.75 Å². The number of anilines is 1. The number of nitrogens with zero attached hydrogens (tertiary/aromatic N) is 1. The van der Waals surface area contributed by atoms with E-state index >= 15 is 0 Å². The molecule has 0 saturated carbocycles. The molecule has 0 aliphatic carbocycles. The maximum absolute atomic E-state index is 12.6. The van der Waals surface area contributed by atoms with E-state index in [2.05, 4.69) is 15.0 Å². The quantitative estimate of drug-likeness (QED) is 0.468. The maximum Gasteiger partial charge on any atom is 0.573 e. The van der Waals surface area contributed by atoms with Gasteiger partial charge in [0.25, 0.3) is 0 Å². The number of alkyl halides is 6. The van der Waals surface area contributed by atoms with Gasteiger partial charge >= 0.3 is 12.5 Å². The van der Waals surface area contributed by atoms with Crippen LogP contribution in [0.2, 0.25) is 0 Å². The number of nitrogens with one attached hydrogen (secondary N) is 1. The van der Waals surface area contributed by atoms with Crippen LogP contribution in [-0.2, 0) is 12.7 Å². The molecule has 0 atom stereocenters. The van der Waals surface area contributed by atoms with Gasteiger partial charge in [0.15, 0.2) is 5.96 Å². The number of hydrogen-bond acceptors (Lipinski definition) is 2. The average Bonchev–Trinajstić information content (AvgIpc) is 2.53. The van der Waals surface area contributed by atoms with Crippen molar-refractivity contribution in [3.63, 3.8) is 0 Å². The van der Waals surface area contributed by atoms with E-state index in [1.54, 1.807) is 0 Å². The molecule has 0 amide bonds. The van der Waals surface area contributed by atoms with E-state index in [9.17, 15) is 26.3 Å². The highest BCUT2D eigenvalue weighted by molar-refractivity contribution is 5.92. The van der Waals surface area contributed by atoms with Gasteiger partial charge in [0.2, 0.25) is 0 Å². The lowest BCUT2D eigenvalue weighted by atomic mass is 10.1. The highest BCUT2D eigenvalue weighted by Crippen LogP contribution is 2.29. The Labute approximate surface area is 144 Å². The zero-order valence-corrected chi connectivity index (χ0v) is 13.0. The summed E-state index contributed by atoms with van der Waals surface area (Å²) >= 11 is 0. The fourth-order valence-corrected chi connectivity index (χ4v) is 1.95. The van der Waals surface area contributed by atoms with Gasteiger partial charge in [-0.05, 0) is 42.0 Å². The second kappa shape index (κ2) is 7.54. The smallest absolute Gasteiger partial charge is 0.406 e. The molecule has 0 fully saturated rings. The van der Waals surface area contributed by atoms with Crippen LogP contribution in [0, 0.1) is 0 Å². The van der Waals surface area contributed by atoms with E-state index in [4.69, 9.17) is 5.73 Å². The molecule has 4 nitrogen and oxygen atoms in total. The normalized spacial score (nSPS) is 12.8. The summed E-state index contributed by atoms with van der Waals surface area (Å²) in [5.41, 5.74) is 5.47. The molecule has 0 saturated heterocycles. The largest absolute Gasteiger partial charge is 0.573 e. The highest BCUT2D eigenvalue weighted by atomic mass is 19.4. The molecule has 0 radical (unpaired) electrons. The van der Waals surface area contributed by atoms with Crippen LogP contribution in [0.3, 0.4) is 0 Å². The topological polar surface area (TPSA) is 59.6 Å². The first kappa shape index (κ1) is 19.4. The molecule has 2 aromatic carbocycles. The van der Waals surface area contributed by atoms with Crippen molar-refractivity contribution in [2.24, 2.45) is 10.7 Å². The zero-order valence-electron chi connectivity index (χ0n) is 13.0. The summed E-state index contributed by atoms with van der Waals surface area (Å²) in [7, 11) is 0. The van der Waals surface area contributed by atoms with Crippen molar-refractivity contribution in [3.05, 3.63) is 59.7 Å². The number of benzene rings is 2. The molecule has 0 aliphatic heterocycles. The minimum absolute atomic E-state index is 0.0992. The Morgan fingerprint density at radius 2 is 1.65 bits per heavy atom. The third kappa shape index (κ3) is 6.19. The fourth-order valence-electron chi connectivity index (χ4n) is 1.95. The van der Waals surface area contributed by atoms with Gasteiger partial charge in [-0.3, -0.25) is 0 Å². The SMILES string of the molecule is NC(=NCc1cccc(C(F)(F)F)c1)Nc1ccc(OC(F)(F)F)cc1. The van der Waals surface area contributed by atoms with Crippen LogP contribution in [-0.4, -0.2) is 12.3 Å². The van der Waals surface area contributed by atoms with Crippen LogP contribution in [0.15, 0.2) is 53.5 Å². The minimum atomic E-state index is -4.79. The fraction of sp³-hybridized carbons (Fsp3) is 0.188. The first-order valence-electron chi connectivity index (χ1n) is 7.12. The summed E-state index contributed by atoms with van der Waals surface area (Å²) in [5, 5.41) is 2.62. The average molecular weight is 377 g/mol. The van der Waals surface area contributed by atoms with Crippen molar-refractivity contribution >= 4 is 11.6 Å². The van der Waals surface area contributed by atoms with Crippen molar-refractivity contribution in [2.75, 3.05) is 5.32 Å². The number of rotatable bonds is 4. The monoisotopic (exact) mass is 377 g/mol. The Morgan fingerprint density at radius 3 is 2.23 bits per heavy atom. The summed E-state index contributed by atoms with van der Waals surface area (Å²) in [4.78, 5) is 3.90. The van der Waals surface area contributed by atoms with Gasteiger partial charge in [-0.25, -0.2) is 4.99 Å². The van der Waals surface area contributed by atoms with Crippen LogP contribution in [0.4, 0.5) is 32.0 Å². The number of nitrogens with two attached hydrogens (primary N) is 1. The standard InChI is InChI=1S/C16H13F6N3O/c17-15(18,19)11-3-1-2-10(8-11)9-24-14(23)25-12-4-6-13(7-5-12)26-16(20,21)22/h1-8H,9H2,(H3,23,24,25). The Morgan fingerprint density at radius 1 is 1.00 bits per heavy atom. The minimum Gasteiger partial charge on any atom is -0.406 e. The van der Waals surface area contributed by atoms with Crippen molar-refractivity contribution in [3.8, 4) is 5.75 Å². The number of ether oxygens (including phenoxy) is 1. The van der Waals surface area contributed by atoms with E-state index in [1.807, 2.05) is 0 Å². The Bertz CT molecular complexity index is 769. The first-order valence-corrected chi connectivity index (χ1v) is 7.12. The van der Waals surface area contributed by atoms with Crippen LogP contribution in [0.25, 0.3) is 0 Å². The lowest BCUT2D eigenvalue weighted by Gasteiger charge is -2.10. The van der Waals surface area contributed by atoms with Gasteiger partial charge < -0.3 is 15.8 Å². The number of hydrogen-bond donors (Lipinski definition) is 2. The summed E-state index contributed by atoms with van der Waals surface area (Å²) < 4.78 is 77.8. The summed E-state index contributed by atoms with van der Waals surface area (Å²) in [5.74, 6) is -0.505. The lowest BCUT2D eigenvalue weighted by Crippen LogP contribution is -2.22. The summed E-state index contributed by atoms with van der Waals surface area (Å²) in [6, 6.07) is 9.36. The van der Waals surface area contributed by atoms with Gasteiger partial charge in [0, 0.05) is 5.69 Å². The summed E-state index contributed by atoms with van der Waals surface area (Å²) in [6.45, 7) is -0.0992. The van der Waals surface area contributed by atoms with E-state index < -0.39 is 23.9 Å². The predicted molar refractivity (Wildman–Crippen MR) is 83.5 cm³/mol. The first-order chi connectivity index (χ1) is 12.0. The van der Waals surface area contributed by atoms with Gasteiger partial charge in [-0.1, -0.05) is 12.1 Å². The molecular weight excluding hydrogens is 364 g/mol. The van der Waals surface area contributed by atoms with Gasteiger partial charge in [0.05, 0.1) is 12.1 Å². The van der Waals surface area contributed by atoms with Crippen LogP contribution >= 0.6 is 0 Å².